The number of benzene rings is 5. The van der Waals surface area contributed by atoms with E-state index in [4.69, 9.17) is 9.31 Å². The molecular formula is C36H31BN2O2. The molecule has 0 spiro atoms. The Morgan fingerprint density at radius 3 is 1.56 bits per heavy atom. The van der Waals surface area contributed by atoms with Crippen LogP contribution in [0.4, 0.5) is 0 Å². The maximum absolute atomic E-state index is 6.76. The van der Waals surface area contributed by atoms with Crippen LogP contribution < -0.4 is 5.46 Å². The fraction of sp³-hybridized carbons (Fsp3) is 0.167. The van der Waals surface area contributed by atoms with E-state index < -0.39 is 18.3 Å². The van der Waals surface area contributed by atoms with Gasteiger partial charge in [-0.1, -0.05) is 78.9 Å². The number of hydrogen-bond acceptors (Lipinski definition) is 2. The van der Waals surface area contributed by atoms with Gasteiger partial charge in [-0.3, -0.25) is 0 Å². The van der Waals surface area contributed by atoms with Gasteiger partial charge in [-0.05, 0) is 64.1 Å². The van der Waals surface area contributed by atoms with Crippen molar-refractivity contribution in [3.63, 3.8) is 0 Å². The lowest BCUT2D eigenvalue weighted by atomic mass is 9.76. The average molecular weight is 534 g/mol. The van der Waals surface area contributed by atoms with Crippen LogP contribution in [0.1, 0.15) is 27.7 Å². The molecule has 1 aliphatic rings. The summed E-state index contributed by atoms with van der Waals surface area (Å²) < 4.78 is 18.3. The number of aromatic nitrogens is 2. The summed E-state index contributed by atoms with van der Waals surface area (Å²) >= 11 is 0. The summed E-state index contributed by atoms with van der Waals surface area (Å²) in [6.45, 7) is 8.49. The molecule has 0 radical (unpaired) electrons. The lowest BCUT2D eigenvalue weighted by Crippen LogP contribution is -2.41. The summed E-state index contributed by atoms with van der Waals surface area (Å²) in [5.41, 5.74) is 7.02. The summed E-state index contributed by atoms with van der Waals surface area (Å²) in [6.07, 6.45) is 0. The Morgan fingerprint density at radius 1 is 0.512 bits per heavy atom. The Labute approximate surface area is 239 Å². The van der Waals surface area contributed by atoms with Gasteiger partial charge in [0, 0.05) is 38.4 Å². The third-order valence-corrected chi connectivity index (χ3v) is 9.13. The van der Waals surface area contributed by atoms with Crippen LogP contribution in [0.15, 0.2) is 115 Å². The first-order valence-corrected chi connectivity index (χ1v) is 14.3. The maximum Gasteiger partial charge on any atom is 0.497 e. The smallest absolute Gasteiger partial charge is 0.399 e. The molecule has 1 saturated heterocycles. The summed E-state index contributed by atoms with van der Waals surface area (Å²) in [6, 6.07) is 41.1. The summed E-state index contributed by atoms with van der Waals surface area (Å²) in [5.74, 6) is 0. The van der Waals surface area contributed by atoms with Crippen LogP contribution >= 0.6 is 0 Å². The van der Waals surface area contributed by atoms with Crippen LogP contribution in [0.5, 0.6) is 0 Å². The van der Waals surface area contributed by atoms with Crippen molar-refractivity contribution in [2.24, 2.45) is 0 Å². The number of rotatable bonds is 3. The Bertz CT molecular complexity index is 2090. The summed E-state index contributed by atoms with van der Waals surface area (Å²) in [7, 11) is -0.516. The van der Waals surface area contributed by atoms with E-state index in [0.29, 0.717) is 0 Å². The number of nitrogens with zero attached hydrogens (tertiary/aromatic N) is 2. The van der Waals surface area contributed by atoms with Gasteiger partial charge in [0.05, 0.1) is 33.3 Å². The fourth-order valence-corrected chi connectivity index (χ4v) is 6.47. The standard InChI is InChI=1S/C36H31BN2O2/c1-35(2)36(3,4)41-37(40-35)29-23-28-26-19-11-13-21-30(26)38(24-15-7-5-8-16-24)33(28)32-27-20-12-14-22-31(27)39(34(29)32)25-17-9-6-10-18-25/h5-23H,1-4H3. The van der Waals surface area contributed by atoms with Crippen molar-refractivity contribution in [3.05, 3.63) is 115 Å². The van der Waals surface area contributed by atoms with Gasteiger partial charge in [-0.25, -0.2) is 0 Å². The third-order valence-electron chi connectivity index (χ3n) is 9.13. The molecule has 0 saturated carbocycles. The molecule has 4 nitrogen and oxygen atoms in total. The van der Waals surface area contributed by atoms with Crippen molar-refractivity contribution >= 4 is 56.2 Å². The van der Waals surface area contributed by atoms with E-state index in [0.717, 1.165) is 27.9 Å². The van der Waals surface area contributed by atoms with Crippen molar-refractivity contribution in [2.75, 3.05) is 0 Å². The molecule has 5 aromatic carbocycles. The fourth-order valence-electron chi connectivity index (χ4n) is 6.47. The SMILES string of the molecule is CC1(C)OB(c2cc3c4ccccc4n(-c4ccccc4)c3c3c4ccccc4n(-c4ccccc4)c23)OC1(C)C. The van der Waals surface area contributed by atoms with Gasteiger partial charge in [0.15, 0.2) is 0 Å². The van der Waals surface area contributed by atoms with Gasteiger partial charge < -0.3 is 18.4 Å². The van der Waals surface area contributed by atoms with E-state index in [9.17, 15) is 0 Å². The first-order chi connectivity index (χ1) is 19.9. The molecule has 8 rings (SSSR count). The molecule has 0 unspecified atom stereocenters. The van der Waals surface area contributed by atoms with Crippen LogP contribution in [0.25, 0.3) is 55.0 Å². The number of para-hydroxylation sites is 4. The zero-order valence-corrected chi connectivity index (χ0v) is 23.8. The van der Waals surface area contributed by atoms with Gasteiger partial charge in [0.1, 0.15) is 0 Å². The van der Waals surface area contributed by atoms with E-state index >= 15 is 0 Å². The molecule has 0 bridgehead atoms. The average Bonchev–Trinajstić information content (AvgIpc) is 3.57. The van der Waals surface area contributed by atoms with Crippen LogP contribution in [-0.2, 0) is 9.31 Å². The highest BCUT2D eigenvalue weighted by molar-refractivity contribution is 6.66. The zero-order chi connectivity index (χ0) is 27.9. The minimum Gasteiger partial charge on any atom is -0.399 e. The van der Waals surface area contributed by atoms with Crippen molar-refractivity contribution in [1.82, 2.24) is 9.13 Å². The lowest BCUT2D eigenvalue weighted by molar-refractivity contribution is 0.00578. The zero-order valence-electron chi connectivity index (χ0n) is 23.8. The highest BCUT2D eigenvalue weighted by atomic mass is 16.7. The van der Waals surface area contributed by atoms with E-state index in [2.05, 4.69) is 152 Å². The first-order valence-electron chi connectivity index (χ1n) is 14.3. The summed E-state index contributed by atoms with van der Waals surface area (Å²) in [5, 5.41) is 4.81. The second kappa shape index (κ2) is 8.59. The molecule has 0 aliphatic carbocycles. The molecule has 0 atom stereocenters. The van der Waals surface area contributed by atoms with Crippen molar-refractivity contribution < 1.29 is 9.31 Å². The number of hydrogen-bond donors (Lipinski definition) is 0. The second-order valence-electron chi connectivity index (χ2n) is 12.1. The van der Waals surface area contributed by atoms with Gasteiger partial charge in [-0.15, -0.1) is 0 Å². The molecule has 0 N–H and O–H groups in total. The van der Waals surface area contributed by atoms with Crippen molar-refractivity contribution in [3.8, 4) is 11.4 Å². The van der Waals surface area contributed by atoms with Crippen LogP contribution in [0.2, 0.25) is 0 Å². The van der Waals surface area contributed by atoms with Gasteiger partial charge in [0.2, 0.25) is 0 Å². The second-order valence-corrected chi connectivity index (χ2v) is 12.1. The molecule has 3 heterocycles. The normalized spacial score (nSPS) is 16.4. The van der Waals surface area contributed by atoms with E-state index in [1.807, 2.05) is 0 Å². The lowest BCUT2D eigenvalue weighted by Gasteiger charge is -2.32. The third kappa shape index (κ3) is 3.43. The predicted molar refractivity (Wildman–Crippen MR) is 171 cm³/mol. The molecule has 5 heteroatoms. The molecule has 7 aromatic rings. The molecule has 0 amide bonds. The quantitative estimate of drug-likeness (QED) is 0.214. The van der Waals surface area contributed by atoms with Crippen LogP contribution in [0, 0.1) is 0 Å². The molecule has 2 aromatic heterocycles. The maximum atomic E-state index is 6.76. The molecule has 200 valence electrons. The Balaban J connectivity index is 1.63. The van der Waals surface area contributed by atoms with Crippen molar-refractivity contribution in [1.29, 1.82) is 0 Å². The van der Waals surface area contributed by atoms with E-state index in [-0.39, 0.29) is 0 Å². The molecular weight excluding hydrogens is 503 g/mol. The first kappa shape index (κ1) is 24.5. The minimum atomic E-state index is -0.516. The minimum absolute atomic E-state index is 0.458. The van der Waals surface area contributed by atoms with Crippen LogP contribution in [-0.4, -0.2) is 27.5 Å². The molecule has 1 aliphatic heterocycles. The van der Waals surface area contributed by atoms with Crippen LogP contribution in [0.3, 0.4) is 0 Å². The van der Waals surface area contributed by atoms with Crippen molar-refractivity contribution in [2.45, 2.75) is 38.9 Å². The molecule has 41 heavy (non-hydrogen) atoms. The summed E-state index contributed by atoms with van der Waals surface area (Å²) in [4.78, 5) is 0. The topological polar surface area (TPSA) is 28.3 Å². The van der Waals surface area contributed by atoms with Gasteiger partial charge in [0.25, 0.3) is 0 Å². The van der Waals surface area contributed by atoms with Gasteiger partial charge >= 0.3 is 7.12 Å². The Hall–Kier alpha value is -4.32. The van der Waals surface area contributed by atoms with Gasteiger partial charge in [-0.2, -0.15) is 0 Å². The Morgan fingerprint density at radius 2 is 0.976 bits per heavy atom. The highest BCUT2D eigenvalue weighted by Crippen LogP contribution is 2.43. The highest BCUT2D eigenvalue weighted by Gasteiger charge is 2.52. The Kier molecular flexibility index (Phi) is 5.13. The van der Waals surface area contributed by atoms with E-state index in [1.54, 1.807) is 0 Å². The van der Waals surface area contributed by atoms with E-state index in [1.165, 1.54) is 32.6 Å². The molecule has 1 fully saturated rings. The predicted octanol–water partition coefficient (Wildman–Crippen LogP) is 8.18. The number of fused-ring (bicyclic) bond motifs is 7. The monoisotopic (exact) mass is 534 g/mol. The largest absolute Gasteiger partial charge is 0.497 e.